The van der Waals surface area contributed by atoms with Crippen LogP contribution in [0.5, 0.6) is 0 Å². The van der Waals surface area contributed by atoms with Crippen molar-refractivity contribution in [3.05, 3.63) is 65.3 Å². The third-order valence-electron chi connectivity index (χ3n) is 6.73. The second kappa shape index (κ2) is 7.48. The number of carbonyl (C=O) groups is 1. The summed E-state index contributed by atoms with van der Waals surface area (Å²) < 4.78 is 7.53. The number of anilines is 1. The van der Waals surface area contributed by atoms with Crippen molar-refractivity contribution in [2.24, 2.45) is 7.05 Å². The van der Waals surface area contributed by atoms with Crippen molar-refractivity contribution in [3.8, 4) is 0 Å². The number of benzene rings is 1. The second-order valence-electron chi connectivity index (χ2n) is 9.43. The van der Waals surface area contributed by atoms with Gasteiger partial charge >= 0.3 is 0 Å². The van der Waals surface area contributed by atoms with E-state index in [9.17, 15) is 4.79 Å². The van der Waals surface area contributed by atoms with Crippen molar-refractivity contribution < 1.29 is 9.53 Å². The Labute approximate surface area is 186 Å². The van der Waals surface area contributed by atoms with E-state index in [-0.39, 0.29) is 11.3 Å². The maximum atomic E-state index is 13.1. The number of amides is 1. The number of rotatable bonds is 7. The molecule has 3 aliphatic rings. The first-order chi connectivity index (χ1) is 15.6. The molecule has 3 heterocycles. The second-order valence-corrected chi connectivity index (χ2v) is 9.43. The molecule has 1 saturated heterocycles. The van der Waals surface area contributed by atoms with Crippen LogP contribution in [0.2, 0.25) is 0 Å². The van der Waals surface area contributed by atoms with Gasteiger partial charge in [0.1, 0.15) is 23.7 Å². The quantitative estimate of drug-likeness (QED) is 0.619. The van der Waals surface area contributed by atoms with Crippen LogP contribution in [0.1, 0.15) is 70.9 Å². The molecule has 0 unspecified atom stereocenters. The highest BCUT2D eigenvalue weighted by molar-refractivity contribution is 6.03. The van der Waals surface area contributed by atoms with Crippen molar-refractivity contribution >= 4 is 11.6 Å². The summed E-state index contributed by atoms with van der Waals surface area (Å²) in [4.78, 5) is 22.4. The first-order valence-electron chi connectivity index (χ1n) is 11.3. The molecule has 0 bridgehead atoms. The molecule has 1 N–H and O–H groups in total. The number of hydrogen-bond acceptors (Lipinski definition) is 6. The first kappa shape index (κ1) is 19.5. The van der Waals surface area contributed by atoms with Crippen LogP contribution in [0.3, 0.4) is 0 Å². The zero-order valence-electron chi connectivity index (χ0n) is 18.1. The molecule has 2 aromatic heterocycles. The lowest BCUT2D eigenvalue weighted by Gasteiger charge is -2.41. The van der Waals surface area contributed by atoms with Crippen LogP contribution in [0.25, 0.3) is 0 Å². The summed E-state index contributed by atoms with van der Waals surface area (Å²) in [6.07, 6.45) is 6.99. The van der Waals surface area contributed by atoms with E-state index in [1.807, 2.05) is 35.9 Å². The minimum atomic E-state index is -0.180. The number of carbonyl (C=O) groups excluding carboxylic acids is 1. The van der Waals surface area contributed by atoms with Gasteiger partial charge in [-0.25, -0.2) is 9.97 Å². The van der Waals surface area contributed by atoms with E-state index in [1.165, 1.54) is 0 Å². The molecule has 1 aliphatic heterocycles. The van der Waals surface area contributed by atoms with Gasteiger partial charge in [0.05, 0.1) is 13.2 Å². The third kappa shape index (κ3) is 3.68. The summed E-state index contributed by atoms with van der Waals surface area (Å²) in [7, 11) is 1.95. The van der Waals surface area contributed by atoms with Gasteiger partial charge in [-0.15, -0.1) is 10.2 Å². The largest absolute Gasteiger partial charge is 0.379 e. The molecular formula is C24H26N6O2. The Hall–Kier alpha value is -3.13. The molecule has 2 aliphatic carbocycles. The minimum Gasteiger partial charge on any atom is -0.379 e. The van der Waals surface area contributed by atoms with E-state index in [1.54, 1.807) is 6.33 Å². The van der Waals surface area contributed by atoms with Crippen LogP contribution >= 0.6 is 0 Å². The van der Waals surface area contributed by atoms with Crippen molar-refractivity contribution in [2.45, 2.75) is 49.4 Å². The number of aryl methyl sites for hydroxylation is 1. The predicted molar refractivity (Wildman–Crippen MR) is 118 cm³/mol. The molecular weight excluding hydrogens is 404 g/mol. The van der Waals surface area contributed by atoms with Gasteiger partial charge in [-0.1, -0.05) is 12.1 Å². The molecule has 1 amide bonds. The van der Waals surface area contributed by atoms with E-state index in [2.05, 4.69) is 26.6 Å². The van der Waals surface area contributed by atoms with Gasteiger partial charge in [-0.2, -0.15) is 0 Å². The normalized spacial score (nSPS) is 19.4. The zero-order chi connectivity index (χ0) is 21.7. The van der Waals surface area contributed by atoms with Gasteiger partial charge in [0.15, 0.2) is 0 Å². The lowest BCUT2D eigenvalue weighted by atomic mass is 9.75. The Morgan fingerprint density at radius 1 is 1.16 bits per heavy atom. The summed E-state index contributed by atoms with van der Waals surface area (Å²) in [5, 5.41) is 11.3. The monoisotopic (exact) mass is 430 g/mol. The van der Waals surface area contributed by atoms with Crippen LogP contribution in [-0.2, 0) is 23.6 Å². The van der Waals surface area contributed by atoms with Gasteiger partial charge in [0.25, 0.3) is 5.91 Å². The van der Waals surface area contributed by atoms with Crippen molar-refractivity contribution in [1.82, 2.24) is 24.7 Å². The van der Waals surface area contributed by atoms with Gasteiger partial charge < -0.3 is 14.6 Å². The van der Waals surface area contributed by atoms with Crippen LogP contribution in [0.15, 0.2) is 36.7 Å². The maximum absolute atomic E-state index is 13.1. The van der Waals surface area contributed by atoms with Crippen molar-refractivity contribution in [3.63, 3.8) is 0 Å². The fourth-order valence-corrected chi connectivity index (χ4v) is 4.33. The predicted octanol–water partition coefficient (Wildman–Crippen LogP) is 3.12. The molecule has 1 aromatic carbocycles. The lowest BCUT2D eigenvalue weighted by Crippen LogP contribution is -2.49. The van der Waals surface area contributed by atoms with Gasteiger partial charge in [-0.05, 0) is 49.4 Å². The highest BCUT2D eigenvalue weighted by Gasteiger charge is 2.42. The van der Waals surface area contributed by atoms with Gasteiger partial charge in [0.2, 0.25) is 0 Å². The highest BCUT2D eigenvalue weighted by Crippen LogP contribution is 2.42. The summed E-state index contributed by atoms with van der Waals surface area (Å²) in [6.45, 7) is 1.25. The van der Waals surface area contributed by atoms with Crippen LogP contribution in [0.4, 0.5) is 5.69 Å². The Bertz CT molecular complexity index is 1150. The molecule has 8 nitrogen and oxygen atoms in total. The molecule has 2 saturated carbocycles. The standard InChI is InChI=1S/C24H26N6O2/c1-30-14-25-29-21(30)11-24(12-32-13-24)17-3-2-4-18(9-17)26-23(31)20-10-19(15-5-6-15)27-22(28-20)16-7-8-16/h2-4,9-10,14-16H,5-8,11-13H2,1H3,(H,26,31). The number of ether oxygens (including phenoxy) is 1. The van der Waals surface area contributed by atoms with Gasteiger partial charge in [0, 0.05) is 42.1 Å². The number of nitrogens with zero attached hydrogens (tertiary/aromatic N) is 5. The zero-order valence-corrected chi connectivity index (χ0v) is 18.1. The molecule has 0 atom stereocenters. The molecule has 164 valence electrons. The molecule has 3 aromatic rings. The number of aromatic nitrogens is 5. The van der Waals surface area contributed by atoms with E-state index < -0.39 is 0 Å². The Kier molecular flexibility index (Phi) is 4.57. The Balaban J connectivity index is 1.24. The van der Waals surface area contributed by atoms with Crippen molar-refractivity contribution in [2.75, 3.05) is 18.5 Å². The van der Waals surface area contributed by atoms with Crippen LogP contribution in [-0.4, -0.2) is 43.9 Å². The van der Waals surface area contributed by atoms with Crippen LogP contribution in [0, 0.1) is 0 Å². The van der Waals surface area contributed by atoms with E-state index in [0.717, 1.165) is 60.7 Å². The molecule has 32 heavy (non-hydrogen) atoms. The topological polar surface area (TPSA) is 94.8 Å². The van der Waals surface area contributed by atoms with E-state index in [4.69, 9.17) is 9.72 Å². The lowest BCUT2D eigenvalue weighted by molar-refractivity contribution is -0.0610. The maximum Gasteiger partial charge on any atom is 0.274 e. The average Bonchev–Trinajstić information content (AvgIpc) is 3.68. The highest BCUT2D eigenvalue weighted by atomic mass is 16.5. The average molecular weight is 431 g/mol. The Morgan fingerprint density at radius 2 is 1.97 bits per heavy atom. The van der Waals surface area contributed by atoms with E-state index in [0.29, 0.717) is 30.7 Å². The molecule has 0 radical (unpaired) electrons. The fourth-order valence-electron chi connectivity index (χ4n) is 4.33. The minimum absolute atomic E-state index is 0.158. The molecule has 6 rings (SSSR count). The third-order valence-corrected chi connectivity index (χ3v) is 6.73. The summed E-state index contributed by atoms with van der Waals surface area (Å²) in [5.41, 5.74) is 3.22. The SMILES string of the molecule is Cn1cnnc1CC1(c2cccc(NC(=O)c3cc(C4CC4)nc(C4CC4)n3)c2)COC1. The summed E-state index contributed by atoms with van der Waals surface area (Å²) >= 11 is 0. The van der Waals surface area contributed by atoms with E-state index >= 15 is 0 Å². The Morgan fingerprint density at radius 3 is 2.62 bits per heavy atom. The molecule has 8 heteroatoms. The fraction of sp³-hybridized carbons (Fsp3) is 0.458. The molecule has 3 fully saturated rings. The number of nitrogens with one attached hydrogen (secondary N) is 1. The smallest absolute Gasteiger partial charge is 0.274 e. The molecule has 0 spiro atoms. The first-order valence-corrected chi connectivity index (χ1v) is 11.3. The summed E-state index contributed by atoms with van der Waals surface area (Å²) in [6, 6.07) is 9.91. The van der Waals surface area contributed by atoms with Crippen LogP contribution < -0.4 is 5.32 Å². The van der Waals surface area contributed by atoms with Crippen molar-refractivity contribution in [1.29, 1.82) is 0 Å². The summed E-state index contributed by atoms with van der Waals surface area (Å²) in [5.74, 6) is 2.49. The number of hydrogen-bond donors (Lipinski definition) is 1. The van der Waals surface area contributed by atoms with Gasteiger partial charge in [-0.3, -0.25) is 4.79 Å².